The van der Waals surface area contributed by atoms with Gasteiger partial charge in [-0.3, -0.25) is 14.4 Å². The van der Waals surface area contributed by atoms with Crippen LogP contribution in [0.4, 0.5) is 5.13 Å². The highest BCUT2D eigenvalue weighted by Crippen LogP contribution is 2.21. The fourth-order valence-electron chi connectivity index (χ4n) is 3.38. The molecular weight excluding hydrogens is 390 g/mol. The Morgan fingerprint density at radius 3 is 2.52 bits per heavy atom. The number of piperidine rings is 1. The molecule has 8 nitrogen and oxygen atoms in total. The molecule has 0 radical (unpaired) electrons. The second kappa shape index (κ2) is 8.36. The second-order valence-electron chi connectivity index (χ2n) is 6.78. The molecule has 1 saturated heterocycles. The number of benzene rings is 1. The number of nitrogens with zero attached hydrogens (tertiary/aromatic N) is 3. The molecule has 4 rings (SSSR count). The Labute approximate surface area is 170 Å². The standard InChI is InChI=1S/C20H19N5O3S/c26-17(23-20-24-21-12-29-20)14-8-10-25(11-9-14)19(28)15-6-7-16(22-18(15)27)13-4-2-1-3-5-13/h1-7,12,14H,8-11H2,(H,22,27)(H,23,24,26). The summed E-state index contributed by atoms with van der Waals surface area (Å²) < 4.78 is 0. The molecule has 1 fully saturated rings. The minimum absolute atomic E-state index is 0.112. The number of likely N-dealkylation sites (tertiary alicyclic amines) is 1. The Bertz CT molecular complexity index is 1060. The van der Waals surface area contributed by atoms with Crippen molar-refractivity contribution in [3.05, 3.63) is 63.9 Å². The van der Waals surface area contributed by atoms with Crippen molar-refractivity contribution in [1.29, 1.82) is 0 Å². The fourth-order valence-corrected chi connectivity index (χ4v) is 3.83. The van der Waals surface area contributed by atoms with Crippen molar-refractivity contribution in [2.75, 3.05) is 18.4 Å². The molecule has 2 aromatic heterocycles. The lowest BCUT2D eigenvalue weighted by Gasteiger charge is -2.31. The summed E-state index contributed by atoms with van der Waals surface area (Å²) >= 11 is 1.26. The molecule has 3 heterocycles. The average Bonchev–Trinajstić information content (AvgIpc) is 3.27. The van der Waals surface area contributed by atoms with Crippen LogP contribution in [0.15, 0.2) is 52.8 Å². The fraction of sp³-hybridized carbons (Fsp3) is 0.250. The SMILES string of the molecule is O=C(Nc1nncs1)C1CCN(C(=O)c2ccc(-c3ccccc3)[nH]c2=O)CC1. The van der Waals surface area contributed by atoms with E-state index < -0.39 is 5.56 Å². The number of carbonyl (C=O) groups is 2. The molecule has 0 saturated carbocycles. The number of carbonyl (C=O) groups excluding carboxylic acids is 2. The lowest BCUT2D eigenvalue weighted by molar-refractivity contribution is -0.121. The average molecular weight is 409 g/mol. The van der Waals surface area contributed by atoms with E-state index in [-0.39, 0.29) is 23.3 Å². The van der Waals surface area contributed by atoms with E-state index in [0.717, 1.165) is 5.56 Å². The maximum absolute atomic E-state index is 12.8. The Morgan fingerprint density at radius 1 is 1.10 bits per heavy atom. The van der Waals surface area contributed by atoms with Gasteiger partial charge in [0.05, 0.1) is 0 Å². The summed E-state index contributed by atoms with van der Waals surface area (Å²) in [6.45, 7) is 0.847. The van der Waals surface area contributed by atoms with Gasteiger partial charge in [0.15, 0.2) is 0 Å². The minimum atomic E-state index is -0.410. The van der Waals surface area contributed by atoms with Crippen molar-refractivity contribution in [2.24, 2.45) is 5.92 Å². The quantitative estimate of drug-likeness (QED) is 0.688. The van der Waals surface area contributed by atoms with Crippen LogP contribution in [-0.2, 0) is 4.79 Å². The van der Waals surface area contributed by atoms with E-state index >= 15 is 0 Å². The molecule has 1 aliphatic heterocycles. The van der Waals surface area contributed by atoms with E-state index in [0.29, 0.717) is 36.8 Å². The predicted octanol–water partition coefficient (Wildman–Crippen LogP) is 2.38. The number of hydrogen-bond donors (Lipinski definition) is 2. The number of rotatable bonds is 4. The van der Waals surface area contributed by atoms with Crippen molar-refractivity contribution >= 4 is 28.3 Å². The first-order valence-electron chi connectivity index (χ1n) is 9.27. The van der Waals surface area contributed by atoms with Gasteiger partial charge in [0.2, 0.25) is 11.0 Å². The van der Waals surface area contributed by atoms with Gasteiger partial charge in [0, 0.05) is 24.7 Å². The maximum Gasteiger partial charge on any atom is 0.261 e. The second-order valence-corrected chi connectivity index (χ2v) is 7.61. The molecule has 9 heteroatoms. The van der Waals surface area contributed by atoms with Crippen LogP contribution in [0.5, 0.6) is 0 Å². The zero-order valence-corrected chi connectivity index (χ0v) is 16.3. The normalized spacial score (nSPS) is 14.6. The molecular formula is C20H19N5O3S. The highest BCUT2D eigenvalue weighted by Gasteiger charge is 2.29. The number of aromatic amines is 1. The highest BCUT2D eigenvalue weighted by molar-refractivity contribution is 7.13. The predicted molar refractivity (Wildman–Crippen MR) is 110 cm³/mol. The van der Waals surface area contributed by atoms with Crippen molar-refractivity contribution < 1.29 is 9.59 Å². The van der Waals surface area contributed by atoms with Gasteiger partial charge in [-0.1, -0.05) is 41.7 Å². The van der Waals surface area contributed by atoms with Gasteiger partial charge in [-0.15, -0.1) is 10.2 Å². The van der Waals surface area contributed by atoms with Crippen LogP contribution in [0.25, 0.3) is 11.3 Å². The Morgan fingerprint density at radius 2 is 1.86 bits per heavy atom. The third kappa shape index (κ3) is 4.24. The summed E-state index contributed by atoms with van der Waals surface area (Å²) in [4.78, 5) is 42.0. The molecule has 2 N–H and O–H groups in total. The minimum Gasteiger partial charge on any atom is -0.338 e. The number of hydrogen-bond acceptors (Lipinski definition) is 6. The van der Waals surface area contributed by atoms with Gasteiger partial charge >= 0.3 is 0 Å². The molecule has 148 valence electrons. The van der Waals surface area contributed by atoms with E-state index in [9.17, 15) is 14.4 Å². The smallest absolute Gasteiger partial charge is 0.261 e. The molecule has 0 bridgehead atoms. The zero-order chi connectivity index (χ0) is 20.2. The van der Waals surface area contributed by atoms with Crippen LogP contribution in [0.3, 0.4) is 0 Å². The van der Waals surface area contributed by atoms with Crippen molar-refractivity contribution in [3.63, 3.8) is 0 Å². The van der Waals surface area contributed by atoms with E-state index in [4.69, 9.17) is 0 Å². The third-order valence-electron chi connectivity index (χ3n) is 4.97. The van der Waals surface area contributed by atoms with Crippen LogP contribution in [0, 0.1) is 5.92 Å². The third-order valence-corrected chi connectivity index (χ3v) is 5.57. The Balaban J connectivity index is 1.39. The van der Waals surface area contributed by atoms with Crippen LogP contribution >= 0.6 is 11.3 Å². The first-order valence-corrected chi connectivity index (χ1v) is 10.1. The summed E-state index contributed by atoms with van der Waals surface area (Å²) in [5.74, 6) is -0.616. The van der Waals surface area contributed by atoms with Crippen LogP contribution in [0.2, 0.25) is 0 Å². The largest absolute Gasteiger partial charge is 0.338 e. The lowest BCUT2D eigenvalue weighted by atomic mass is 9.95. The van der Waals surface area contributed by atoms with Crippen molar-refractivity contribution in [1.82, 2.24) is 20.1 Å². The van der Waals surface area contributed by atoms with Crippen LogP contribution in [0.1, 0.15) is 23.2 Å². The van der Waals surface area contributed by atoms with Gasteiger partial charge in [0.1, 0.15) is 11.1 Å². The number of aromatic nitrogens is 3. The maximum atomic E-state index is 12.8. The highest BCUT2D eigenvalue weighted by atomic mass is 32.1. The molecule has 0 atom stereocenters. The van der Waals surface area contributed by atoms with Crippen molar-refractivity contribution in [3.8, 4) is 11.3 Å². The molecule has 29 heavy (non-hydrogen) atoms. The molecule has 1 aliphatic rings. The molecule has 0 unspecified atom stereocenters. The van der Waals surface area contributed by atoms with Gasteiger partial charge in [-0.2, -0.15) is 0 Å². The van der Waals surface area contributed by atoms with E-state index in [1.807, 2.05) is 30.3 Å². The number of amides is 2. The van der Waals surface area contributed by atoms with Gasteiger partial charge in [0.25, 0.3) is 11.5 Å². The van der Waals surface area contributed by atoms with Crippen LogP contribution < -0.4 is 10.9 Å². The number of nitrogens with one attached hydrogen (secondary N) is 2. The van der Waals surface area contributed by atoms with Crippen LogP contribution in [-0.4, -0.2) is 45.0 Å². The monoisotopic (exact) mass is 409 g/mol. The van der Waals surface area contributed by atoms with Gasteiger partial charge < -0.3 is 15.2 Å². The molecule has 0 aliphatic carbocycles. The number of pyridine rings is 1. The molecule has 2 amide bonds. The molecule has 3 aromatic rings. The summed E-state index contributed by atoms with van der Waals surface area (Å²) in [5, 5.41) is 10.7. The van der Waals surface area contributed by atoms with E-state index in [1.54, 1.807) is 22.5 Å². The number of H-pyrrole nitrogens is 1. The van der Waals surface area contributed by atoms with Gasteiger partial charge in [-0.05, 0) is 30.5 Å². The lowest BCUT2D eigenvalue weighted by Crippen LogP contribution is -2.43. The summed E-state index contributed by atoms with van der Waals surface area (Å²) in [6.07, 6.45) is 1.08. The molecule has 0 spiro atoms. The zero-order valence-electron chi connectivity index (χ0n) is 15.5. The van der Waals surface area contributed by atoms with E-state index in [1.165, 1.54) is 11.3 Å². The Hall–Kier alpha value is -3.33. The summed E-state index contributed by atoms with van der Waals surface area (Å²) in [5.41, 5.74) is 2.80. The van der Waals surface area contributed by atoms with Crippen molar-refractivity contribution in [2.45, 2.75) is 12.8 Å². The topological polar surface area (TPSA) is 108 Å². The summed E-state index contributed by atoms with van der Waals surface area (Å²) in [7, 11) is 0. The molecule has 1 aromatic carbocycles. The first-order chi connectivity index (χ1) is 14.1. The first kappa shape index (κ1) is 19.0. The van der Waals surface area contributed by atoms with Gasteiger partial charge in [-0.25, -0.2) is 0 Å². The van der Waals surface area contributed by atoms with E-state index in [2.05, 4.69) is 20.5 Å². The summed E-state index contributed by atoms with van der Waals surface area (Å²) in [6, 6.07) is 12.8. The Kier molecular flexibility index (Phi) is 5.48. The number of anilines is 1.